The van der Waals surface area contributed by atoms with Crippen molar-refractivity contribution in [3.63, 3.8) is 0 Å². The fourth-order valence-corrected chi connectivity index (χ4v) is 2.64. The van der Waals surface area contributed by atoms with Crippen LogP contribution in [0.5, 0.6) is 5.75 Å². The van der Waals surface area contributed by atoms with Crippen molar-refractivity contribution in [1.82, 2.24) is 5.32 Å². The van der Waals surface area contributed by atoms with Gasteiger partial charge in [-0.2, -0.15) is 0 Å². The number of hydrogen-bond acceptors (Lipinski definition) is 2. The van der Waals surface area contributed by atoms with Crippen LogP contribution in [0, 0.1) is 5.92 Å². The van der Waals surface area contributed by atoms with Crippen molar-refractivity contribution in [1.29, 1.82) is 0 Å². The van der Waals surface area contributed by atoms with E-state index < -0.39 is 0 Å². The number of carbonyl (C=O) groups excluding carboxylic acids is 1. The second kappa shape index (κ2) is 6.83. The Labute approximate surface area is 116 Å². The lowest BCUT2D eigenvalue weighted by molar-refractivity contribution is 0.0932. The standard InChI is InChI=1S/C13H18INO2/c1-9(2)12(8-14)15-13(16)10-5-4-6-11(7-10)17-3/h4-7,9,12H,8H2,1-3H3,(H,15,16). The van der Waals surface area contributed by atoms with Gasteiger partial charge in [0.25, 0.3) is 5.91 Å². The van der Waals surface area contributed by atoms with Gasteiger partial charge in [0.1, 0.15) is 5.75 Å². The summed E-state index contributed by atoms with van der Waals surface area (Å²) in [6.07, 6.45) is 0. The Hall–Kier alpha value is -0.780. The van der Waals surface area contributed by atoms with Crippen LogP contribution in [-0.2, 0) is 0 Å². The molecule has 17 heavy (non-hydrogen) atoms. The van der Waals surface area contributed by atoms with Crippen molar-refractivity contribution in [2.24, 2.45) is 5.92 Å². The molecule has 0 aliphatic heterocycles. The Morgan fingerprint density at radius 3 is 2.71 bits per heavy atom. The number of methoxy groups -OCH3 is 1. The van der Waals surface area contributed by atoms with E-state index in [0.29, 0.717) is 17.2 Å². The van der Waals surface area contributed by atoms with Crippen LogP contribution in [0.4, 0.5) is 0 Å². The highest BCUT2D eigenvalue weighted by molar-refractivity contribution is 14.1. The number of ether oxygens (including phenoxy) is 1. The van der Waals surface area contributed by atoms with E-state index in [4.69, 9.17) is 4.74 Å². The molecule has 0 saturated heterocycles. The molecule has 0 heterocycles. The molecule has 1 amide bonds. The Kier molecular flexibility index (Phi) is 5.74. The van der Waals surface area contributed by atoms with Gasteiger partial charge in [0.05, 0.1) is 7.11 Å². The summed E-state index contributed by atoms with van der Waals surface area (Å²) in [4.78, 5) is 12.0. The SMILES string of the molecule is COc1cccc(C(=O)NC(CI)C(C)C)c1. The molecule has 0 radical (unpaired) electrons. The molecule has 94 valence electrons. The van der Waals surface area contributed by atoms with Crippen LogP contribution < -0.4 is 10.1 Å². The van der Waals surface area contributed by atoms with Gasteiger partial charge in [-0.3, -0.25) is 4.79 Å². The van der Waals surface area contributed by atoms with Crippen LogP contribution >= 0.6 is 22.6 Å². The number of nitrogens with one attached hydrogen (secondary N) is 1. The maximum absolute atomic E-state index is 12.0. The molecule has 0 bridgehead atoms. The molecule has 3 nitrogen and oxygen atoms in total. The maximum Gasteiger partial charge on any atom is 0.251 e. The highest BCUT2D eigenvalue weighted by atomic mass is 127. The predicted molar refractivity (Wildman–Crippen MR) is 78.0 cm³/mol. The van der Waals surface area contributed by atoms with Crippen molar-refractivity contribution >= 4 is 28.5 Å². The summed E-state index contributed by atoms with van der Waals surface area (Å²) in [5.41, 5.74) is 0.639. The summed E-state index contributed by atoms with van der Waals surface area (Å²) >= 11 is 2.29. The summed E-state index contributed by atoms with van der Waals surface area (Å²) in [6, 6.07) is 7.40. The molecule has 1 aromatic carbocycles. The van der Waals surface area contributed by atoms with Crippen molar-refractivity contribution in [2.75, 3.05) is 11.5 Å². The van der Waals surface area contributed by atoms with E-state index in [1.54, 1.807) is 19.2 Å². The molecule has 1 atom stereocenters. The molecule has 1 aromatic rings. The van der Waals surface area contributed by atoms with Gasteiger partial charge >= 0.3 is 0 Å². The smallest absolute Gasteiger partial charge is 0.251 e. The van der Waals surface area contributed by atoms with Crippen LogP contribution in [0.2, 0.25) is 0 Å². The number of halogens is 1. The molecule has 1 N–H and O–H groups in total. The van der Waals surface area contributed by atoms with Gasteiger partial charge in [-0.25, -0.2) is 0 Å². The Balaban J connectivity index is 2.75. The number of rotatable bonds is 5. The molecule has 0 aliphatic rings. The fraction of sp³-hybridized carbons (Fsp3) is 0.462. The quantitative estimate of drug-likeness (QED) is 0.657. The fourth-order valence-electron chi connectivity index (χ4n) is 1.40. The van der Waals surface area contributed by atoms with Crippen LogP contribution in [0.3, 0.4) is 0 Å². The second-order valence-electron chi connectivity index (χ2n) is 4.21. The first kappa shape index (κ1) is 14.3. The van der Waals surface area contributed by atoms with Gasteiger partial charge in [-0.15, -0.1) is 0 Å². The third-order valence-electron chi connectivity index (χ3n) is 2.62. The average Bonchev–Trinajstić information content (AvgIpc) is 2.35. The Bertz CT molecular complexity index is 379. The van der Waals surface area contributed by atoms with E-state index in [1.165, 1.54) is 0 Å². The molecule has 4 heteroatoms. The minimum absolute atomic E-state index is 0.0423. The van der Waals surface area contributed by atoms with Crippen LogP contribution in [0.15, 0.2) is 24.3 Å². The number of hydrogen-bond donors (Lipinski definition) is 1. The molecule has 0 aromatic heterocycles. The number of amides is 1. The lowest BCUT2D eigenvalue weighted by Crippen LogP contribution is -2.39. The first-order valence-corrected chi connectivity index (χ1v) is 7.12. The molecule has 0 spiro atoms. The van der Waals surface area contributed by atoms with E-state index in [9.17, 15) is 4.79 Å². The van der Waals surface area contributed by atoms with E-state index >= 15 is 0 Å². The number of benzene rings is 1. The lowest BCUT2D eigenvalue weighted by Gasteiger charge is -2.20. The largest absolute Gasteiger partial charge is 0.497 e. The molecular weight excluding hydrogens is 329 g/mol. The summed E-state index contributed by atoms with van der Waals surface area (Å²) in [6.45, 7) is 4.21. The molecular formula is C13H18INO2. The predicted octanol–water partition coefficient (Wildman–Crippen LogP) is 2.88. The second-order valence-corrected chi connectivity index (χ2v) is 5.09. The summed E-state index contributed by atoms with van der Waals surface area (Å²) < 4.78 is 6.01. The lowest BCUT2D eigenvalue weighted by atomic mass is 10.1. The summed E-state index contributed by atoms with van der Waals surface area (Å²) in [5.74, 6) is 1.09. The first-order chi connectivity index (χ1) is 8.08. The topological polar surface area (TPSA) is 38.3 Å². The molecule has 0 saturated carbocycles. The Morgan fingerprint density at radius 2 is 2.18 bits per heavy atom. The van der Waals surface area contributed by atoms with E-state index in [-0.39, 0.29) is 11.9 Å². The van der Waals surface area contributed by atoms with Crippen molar-refractivity contribution in [3.8, 4) is 5.75 Å². The third-order valence-corrected chi connectivity index (χ3v) is 3.57. The minimum Gasteiger partial charge on any atom is -0.497 e. The first-order valence-electron chi connectivity index (χ1n) is 5.59. The van der Waals surface area contributed by atoms with Crippen molar-refractivity contribution in [2.45, 2.75) is 19.9 Å². The third kappa shape index (κ3) is 4.18. The van der Waals surface area contributed by atoms with E-state index in [0.717, 1.165) is 4.43 Å². The molecule has 0 fully saturated rings. The molecule has 1 unspecified atom stereocenters. The average molecular weight is 347 g/mol. The van der Waals surface area contributed by atoms with Gasteiger partial charge in [0.2, 0.25) is 0 Å². The van der Waals surface area contributed by atoms with E-state index in [1.807, 2.05) is 12.1 Å². The summed E-state index contributed by atoms with van der Waals surface area (Å²) in [7, 11) is 1.60. The highest BCUT2D eigenvalue weighted by Gasteiger charge is 2.15. The van der Waals surface area contributed by atoms with Gasteiger partial charge in [-0.1, -0.05) is 42.5 Å². The minimum atomic E-state index is -0.0423. The normalized spacial score (nSPS) is 12.3. The summed E-state index contributed by atoms with van der Waals surface area (Å²) in [5, 5.41) is 3.03. The van der Waals surface area contributed by atoms with Crippen LogP contribution in [-0.4, -0.2) is 23.5 Å². The number of alkyl halides is 1. The van der Waals surface area contributed by atoms with Gasteiger partial charge < -0.3 is 10.1 Å². The zero-order valence-electron chi connectivity index (χ0n) is 10.4. The van der Waals surface area contributed by atoms with Crippen molar-refractivity contribution in [3.05, 3.63) is 29.8 Å². The zero-order chi connectivity index (χ0) is 12.8. The monoisotopic (exact) mass is 347 g/mol. The molecule has 1 rings (SSSR count). The van der Waals surface area contributed by atoms with Gasteiger partial charge in [0, 0.05) is 16.0 Å². The molecule has 0 aliphatic carbocycles. The van der Waals surface area contributed by atoms with Gasteiger partial charge in [-0.05, 0) is 24.1 Å². The maximum atomic E-state index is 12.0. The van der Waals surface area contributed by atoms with Gasteiger partial charge in [0.15, 0.2) is 0 Å². The van der Waals surface area contributed by atoms with Crippen LogP contribution in [0.1, 0.15) is 24.2 Å². The highest BCUT2D eigenvalue weighted by Crippen LogP contribution is 2.13. The van der Waals surface area contributed by atoms with Crippen LogP contribution in [0.25, 0.3) is 0 Å². The van der Waals surface area contributed by atoms with Crippen molar-refractivity contribution < 1.29 is 9.53 Å². The zero-order valence-corrected chi connectivity index (χ0v) is 12.5. The number of carbonyl (C=O) groups is 1. The van der Waals surface area contributed by atoms with E-state index in [2.05, 4.69) is 41.8 Å². The Morgan fingerprint density at radius 1 is 1.47 bits per heavy atom.